The van der Waals surface area contributed by atoms with Crippen LogP contribution in [0.5, 0.6) is 0 Å². The minimum atomic E-state index is -1.02. The van der Waals surface area contributed by atoms with Crippen LogP contribution >= 0.6 is 0 Å². The highest BCUT2D eigenvalue weighted by Crippen LogP contribution is 2.34. The van der Waals surface area contributed by atoms with Crippen LogP contribution in [0.2, 0.25) is 0 Å². The third-order valence-corrected chi connectivity index (χ3v) is 3.64. The van der Waals surface area contributed by atoms with E-state index in [4.69, 9.17) is 5.11 Å². The largest absolute Gasteiger partial charge is 0.481 e. The van der Waals surface area contributed by atoms with Crippen molar-refractivity contribution in [1.29, 1.82) is 0 Å². The van der Waals surface area contributed by atoms with Crippen molar-refractivity contribution in [2.24, 2.45) is 11.3 Å². The van der Waals surface area contributed by atoms with Crippen molar-refractivity contribution < 1.29 is 15.0 Å². The van der Waals surface area contributed by atoms with Gasteiger partial charge in [-0.05, 0) is 32.6 Å². The van der Waals surface area contributed by atoms with Crippen molar-refractivity contribution in [3.8, 4) is 0 Å². The number of carbonyl (C=O) groups is 1. The summed E-state index contributed by atoms with van der Waals surface area (Å²) in [5, 5.41) is 19.2. The van der Waals surface area contributed by atoms with E-state index in [2.05, 4.69) is 0 Å². The normalized spacial score (nSPS) is 22.1. The summed E-state index contributed by atoms with van der Waals surface area (Å²) >= 11 is 0. The number of carboxylic acids is 1. The van der Waals surface area contributed by atoms with Gasteiger partial charge >= 0.3 is 5.97 Å². The van der Waals surface area contributed by atoms with E-state index in [9.17, 15) is 9.90 Å². The molecule has 15 heavy (non-hydrogen) atoms. The molecule has 0 spiro atoms. The Labute approximate surface area is 91.5 Å². The number of carboxylic acid groups (broad SMARTS) is 1. The van der Waals surface area contributed by atoms with Gasteiger partial charge < -0.3 is 10.2 Å². The van der Waals surface area contributed by atoms with E-state index in [-0.39, 0.29) is 5.92 Å². The molecule has 1 unspecified atom stereocenters. The quantitative estimate of drug-likeness (QED) is 0.709. The van der Waals surface area contributed by atoms with E-state index in [1.54, 1.807) is 13.8 Å². The van der Waals surface area contributed by atoms with E-state index in [1.165, 1.54) is 12.8 Å². The van der Waals surface area contributed by atoms with E-state index in [0.29, 0.717) is 0 Å². The molecular weight excluding hydrogens is 192 g/mol. The van der Waals surface area contributed by atoms with Crippen molar-refractivity contribution in [2.45, 2.75) is 58.5 Å². The Morgan fingerprint density at radius 3 is 2.07 bits per heavy atom. The zero-order chi connectivity index (χ0) is 11.5. The maximum absolute atomic E-state index is 11.0. The highest BCUT2D eigenvalue weighted by atomic mass is 16.4. The van der Waals surface area contributed by atoms with Gasteiger partial charge in [0.1, 0.15) is 0 Å². The van der Waals surface area contributed by atoms with Gasteiger partial charge in [-0.2, -0.15) is 0 Å². The van der Waals surface area contributed by atoms with Gasteiger partial charge in [0, 0.05) is 0 Å². The molecule has 0 bridgehead atoms. The average Bonchev–Trinajstić information content (AvgIpc) is 2.44. The molecule has 88 valence electrons. The fraction of sp³-hybridized carbons (Fsp3) is 0.917. The summed E-state index contributed by atoms with van der Waals surface area (Å²) in [6, 6.07) is 0. The first kappa shape index (κ1) is 12.5. The second-order valence-corrected chi connectivity index (χ2v) is 5.22. The van der Waals surface area contributed by atoms with Crippen LogP contribution in [0.25, 0.3) is 0 Å². The standard InChI is InChI=1S/C12H22O3/c1-12(2,11(14)15)10(13)9-7-5-3-4-6-8-9/h9-10,13H,3-8H2,1-2H3,(H,14,15). The molecule has 1 fully saturated rings. The lowest BCUT2D eigenvalue weighted by atomic mass is 9.77. The van der Waals surface area contributed by atoms with E-state index >= 15 is 0 Å². The van der Waals surface area contributed by atoms with Gasteiger partial charge in [-0.3, -0.25) is 4.79 Å². The van der Waals surface area contributed by atoms with Crippen molar-refractivity contribution in [1.82, 2.24) is 0 Å². The van der Waals surface area contributed by atoms with Crippen molar-refractivity contribution in [3.63, 3.8) is 0 Å². The molecule has 1 rings (SSSR count). The van der Waals surface area contributed by atoms with Crippen LogP contribution in [0, 0.1) is 11.3 Å². The van der Waals surface area contributed by atoms with E-state index in [1.807, 2.05) is 0 Å². The van der Waals surface area contributed by atoms with Crippen LogP contribution in [-0.4, -0.2) is 22.3 Å². The molecule has 3 heteroatoms. The van der Waals surface area contributed by atoms with Crippen molar-refractivity contribution in [2.75, 3.05) is 0 Å². The number of hydrogen-bond donors (Lipinski definition) is 2. The van der Waals surface area contributed by atoms with E-state index < -0.39 is 17.5 Å². The maximum atomic E-state index is 11.0. The van der Waals surface area contributed by atoms with Crippen LogP contribution in [0.4, 0.5) is 0 Å². The lowest BCUT2D eigenvalue weighted by molar-refractivity contribution is -0.156. The Balaban J connectivity index is 2.64. The minimum Gasteiger partial charge on any atom is -0.481 e. The summed E-state index contributed by atoms with van der Waals surface area (Å²) in [5.41, 5.74) is -1.02. The molecule has 0 saturated heterocycles. The molecule has 0 aromatic heterocycles. The zero-order valence-electron chi connectivity index (χ0n) is 9.70. The number of hydrogen-bond acceptors (Lipinski definition) is 2. The lowest BCUT2D eigenvalue weighted by Gasteiger charge is -2.32. The van der Waals surface area contributed by atoms with Gasteiger partial charge in [-0.25, -0.2) is 0 Å². The molecule has 2 N–H and O–H groups in total. The Bertz CT molecular complexity index is 215. The smallest absolute Gasteiger partial charge is 0.311 e. The third-order valence-electron chi connectivity index (χ3n) is 3.64. The molecule has 0 aromatic rings. The number of aliphatic hydroxyl groups is 1. The minimum absolute atomic E-state index is 0.165. The van der Waals surface area contributed by atoms with Crippen molar-refractivity contribution in [3.05, 3.63) is 0 Å². The number of rotatable bonds is 3. The van der Waals surface area contributed by atoms with Crippen LogP contribution in [0.1, 0.15) is 52.4 Å². The zero-order valence-corrected chi connectivity index (χ0v) is 9.70. The molecule has 3 nitrogen and oxygen atoms in total. The van der Waals surface area contributed by atoms with Gasteiger partial charge in [-0.1, -0.05) is 25.7 Å². The average molecular weight is 214 g/mol. The molecular formula is C12H22O3. The van der Waals surface area contributed by atoms with Crippen molar-refractivity contribution >= 4 is 5.97 Å². The van der Waals surface area contributed by atoms with Gasteiger partial charge in [0.15, 0.2) is 0 Å². The summed E-state index contributed by atoms with van der Waals surface area (Å²) in [6.07, 6.45) is 5.91. The molecule has 1 saturated carbocycles. The van der Waals surface area contributed by atoms with Crippen LogP contribution in [-0.2, 0) is 4.79 Å². The second kappa shape index (κ2) is 4.97. The Hall–Kier alpha value is -0.570. The summed E-state index contributed by atoms with van der Waals surface area (Å²) in [4.78, 5) is 11.0. The van der Waals surface area contributed by atoms with Crippen LogP contribution in [0.15, 0.2) is 0 Å². The second-order valence-electron chi connectivity index (χ2n) is 5.22. The van der Waals surface area contributed by atoms with Gasteiger partial charge in [0.25, 0.3) is 0 Å². The monoisotopic (exact) mass is 214 g/mol. The highest BCUT2D eigenvalue weighted by molar-refractivity contribution is 5.74. The highest BCUT2D eigenvalue weighted by Gasteiger charge is 2.40. The first-order valence-corrected chi connectivity index (χ1v) is 5.87. The SMILES string of the molecule is CC(C)(C(=O)O)C(O)C1CCCCCC1. The van der Waals surface area contributed by atoms with Crippen LogP contribution in [0.3, 0.4) is 0 Å². The molecule has 0 radical (unpaired) electrons. The number of aliphatic hydroxyl groups excluding tert-OH is 1. The lowest BCUT2D eigenvalue weighted by Crippen LogP contribution is -2.41. The summed E-state index contributed by atoms with van der Waals surface area (Å²) < 4.78 is 0. The molecule has 0 aliphatic heterocycles. The first-order valence-electron chi connectivity index (χ1n) is 5.87. The van der Waals surface area contributed by atoms with Crippen LogP contribution < -0.4 is 0 Å². The molecule has 1 aliphatic rings. The molecule has 0 heterocycles. The van der Waals surface area contributed by atoms with Gasteiger partial charge in [0.2, 0.25) is 0 Å². The molecule has 0 aromatic carbocycles. The molecule has 1 atom stereocenters. The Kier molecular flexibility index (Phi) is 4.14. The first-order chi connectivity index (χ1) is 6.96. The Morgan fingerprint density at radius 2 is 1.67 bits per heavy atom. The van der Waals surface area contributed by atoms with E-state index in [0.717, 1.165) is 25.7 Å². The maximum Gasteiger partial charge on any atom is 0.311 e. The summed E-state index contributed by atoms with van der Waals surface area (Å²) in [5.74, 6) is -0.738. The predicted molar refractivity (Wildman–Crippen MR) is 58.6 cm³/mol. The summed E-state index contributed by atoms with van der Waals surface area (Å²) in [6.45, 7) is 3.23. The summed E-state index contributed by atoms with van der Waals surface area (Å²) in [7, 11) is 0. The molecule has 0 amide bonds. The molecule has 1 aliphatic carbocycles. The predicted octanol–water partition coefficient (Wildman–Crippen LogP) is 2.43. The topological polar surface area (TPSA) is 57.5 Å². The Morgan fingerprint density at radius 1 is 1.20 bits per heavy atom. The van der Waals surface area contributed by atoms with Gasteiger partial charge in [-0.15, -0.1) is 0 Å². The fourth-order valence-electron chi connectivity index (χ4n) is 2.34. The third kappa shape index (κ3) is 2.94. The number of aliphatic carboxylic acids is 1. The van der Waals surface area contributed by atoms with Gasteiger partial charge in [0.05, 0.1) is 11.5 Å². The fourth-order valence-corrected chi connectivity index (χ4v) is 2.34.